The highest BCUT2D eigenvalue weighted by Gasteiger charge is 2.68. The number of benzene rings is 2. The molecule has 1 fully saturated rings. The van der Waals surface area contributed by atoms with Gasteiger partial charge in [-0.25, -0.2) is 8.42 Å². The van der Waals surface area contributed by atoms with Gasteiger partial charge in [0, 0.05) is 12.3 Å². The Balaban J connectivity index is 2.07. The molecule has 0 radical (unpaired) electrons. The van der Waals surface area contributed by atoms with Crippen LogP contribution < -0.4 is 0 Å². The molecule has 3 nitrogen and oxygen atoms in total. The second kappa shape index (κ2) is 5.93. The summed E-state index contributed by atoms with van der Waals surface area (Å²) in [7, 11) is -3.70. The van der Waals surface area contributed by atoms with Crippen molar-refractivity contribution in [2.24, 2.45) is 0 Å². The van der Waals surface area contributed by atoms with Gasteiger partial charge in [-0.1, -0.05) is 55.5 Å². The topological polar surface area (TPSA) is 51.2 Å². The maximum atomic E-state index is 13.2. The highest BCUT2D eigenvalue weighted by atomic mass is 32.2. The van der Waals surface area contributed by atoms with Crippen LogP contribution in [0.15, 0.2) is 65.6 Å². The number of Topliss-reactive ketones (excluding diaryl/α,β-unsaturated/α-hetero) is 1. The molecule has 0 unspecified atom stereocenters. The van der Waals surface area contributed by atoms with Crippen LogP contribution in [0, 0.1) is 0 Å². The maximum absolute atomic E-state index is 13.2. The van der Waals surface area contributed by atoms with Crippen molar-refractivity contribution in [2.75, 3.05) is 0 Å². The summed E-state index contributed by atoms with van der Waals surface area (Å²) >= 11 is 0. The first-order chi connectivity index (χ1) is 11.0. The molecule has 0 amide bonds. The quantitative estimate of drug-likeness (QED) is 0.811. The fourth-order valence-electron chi connectivity index (χ4n) is 3.32. The van der Waals surface area contributed by atoms with Crippen LogP contribution in [0.2, 0.25) is 0 Å². The molecule has 2 aromatic rings. The molecule has 0 aliphatic heterocycles. The molecule has 23 heavy (non-hydrogen) atoms. The number of rotatable bonds is 6. The molecule has 4 heteroatoms. The number of sulfone groups is 1. The minimum absolute atomic E-state index is 0.155. The van der Waals surface area contributed by atoms with Crippen LogP contribution in [0.4, 0.5) is 0 Å². The Morgan fingerprint density at radius 3 is 2.17 bits per heavy atom. The van der Waals surface area contributed by atoms with Crippen LogP contribution in [-0.2, 0) is 14.6 Å². The van der Waals surface area contributed by atoms with Gasteiger partial charge in [-0.15, -0.1) is 0 Å². The monoisotopic (exact) mass is 328 g/mol. The van der Waals surface area contributed by atoms with Gasteiger partial charge in [0.1, 0.15) is 4.75 Å². The number of carbonyl (C=O) groups excluding carboxylic acids is 1. The molecule has 1 aliphatic carbocycles. The molecule has 0 N–H and O–H groups in total. The van der Waals surface area contributed by atoms with Gasteiger partial charge in [0.25, 0.3) is 0 Å². The van der Waals surface area contributed by atoms with E-state index < -0.39 is 14.6 Å². The van der Waals surface area contributed by atoms with Crippen molar-refractivity contribution in [3.05, 3.63) is 66.2 Å². The Morgan fingerprint density at radius 2 is 1.61 bits per heavy atom. The molecular formula is C19H20O3S. The van der Waals surface area contributed by atoms with Gasteiger partial charge < -0.3 is 0 Å². The minimum Gasteiger partial charge on any atom is -0.298 e. The zero-order chi connectivity index (χ0) is 16.5. The van der Waals surface area contributed by atoms with E-state index in [2.05, 4.69) is 0 Å². The molecule has 2 aromatic carbocycles. The van der Waals surface area contributed by atoms with Gasteiger partial charge in [0.2, 0.25) is 0 Å². The van der Waals surface area contributed by atoms with Crippen molar-refractivity contribution in [2.45, 2.75) is 41.7 Å². The standard InChI is InChI=1S/C19H20O3S/c1-2-9-18(20)19(14-17(19)15-10-5-3-6-11-15)23(21,22)16-12-7-4-8-13-16/h3-8,10-13,17H,2,9,14H2,1H3/t17-,19-/m1/s1. The van der Waals surface area contributed by atoms with E-state index >= 15 is 0 Å². The second-order valence-corrected chi connectivity index (χ2v) is 8.25. The Morgan fingerprint density at radius 1 is 1.04 bits per heavy atom. The molecule has 1 aliphatic rings. The third-order valence-electron chi connectivity index (χ3n) is 4.59. The smallest absolute Gasteiger partial charge is 0.191 e. The number of ketones is 1. The van der Waals surface area contributed by atoms with Crippen molar-refractivity contribution in [1.29, 1.82) is 0 Å². The summed E-state index contributed by atoms with van der Waals surface area (Å²) in [6.07, 6.45) is 1.34. The van der Waals surface area contributed by atoms with Crippen molar-refractivity contribution < 1.29 is 13.2 Å². The fraction of sp³-hybridized carbons (Fsp3) is 0.316. The van der Waals surface area contributed by atoms with Gasteiger partial charge in [-0.3, -0.25) is 4.79 Å². The highest BCUT2D eigenvalue weighted by molar-refractivity contribution is 7.94. The van der Waals surface area contributed by atoms with E-state index in [0.29, 0.717) is 19.3 Å². The van der Waals surface area contributed by atoms with Crippen molar-refractivity contribution in [3.63, 3.8) is 0 Å². The first-order valence-electron chi connectivity index (χ1n) is 7.92. The average molecular weight is 328 g/mol. The van der Waals surface area contributed by atoms with Crippen LogP contribution in [0.1, 0.15) is 37.7 Å². The molecule has 0 spiro atoms. The van der Waals surface area contributed by atoms with Gasteiger partial charge in [-0.2, -0.15) is 0 Å². The predicted octanol–water partition coefficient (Wildman–Crippen LogP) is 3.76. The summed E-state index contributed by atoms with van der Waals surface area (Å²) in [4.78, 5) is 13.0. The van der Waals surface area contributed by atoms with E-state index in [0.717, 1.165) is 5.56 Å². The third-order valence-corrected chi connectivity index (χ3v) is 7.12. The van der Waals surface area contributed by atoms with E-state index in [9.17, 15) is 13.2 Å². The number of carbonyl (C=O) groups is 1. The van der Waals surface area contributed by atoms with Crippen LogP contribution in [0.25, 0.3) is 0 Å². The lowest BCUT2D eigenvalue weighted by Crippen LogP contribution is -2.34. The first-order valence-corrected chi connectivity index (χ1v) is 9.40. The van der Waals surface area contributed by atoms with E-state index in [1.54, 1.807) is 30.3 Å². The normalized spacial score (nSPS) is 23.4. The summed E-state index contributed by atoms with van der Waals surface area (Å²) in [5.41, 5.74) is 0.927. The average Bonchev–Trinajstić information content (AvgIpc) is 3.34. The number of hydrogen-bond donors (Lipinski definition) is 0. The van der Waals surface area contributed by atoms with E-state index in [-0.39, 0.29) is 16.6 Å². The summed E-state index contributed by atoms with van der Waals surface area (Å²) < 4.78 is 25.1. The van der Waals surface area contributed by atoms with Crippen LogP contribution in [-0.4, -0.2) is 18.9 Å². The lowest BCUT2D eigenvalue weighted by atomic mass is 10.0. The van der Waals surface area contributed by atoms with E-state index in [1.165, 1.54) is 0 Å². The van der Waals surface area contributed by atoms with E-state index in [4.69, 9.17) is 0 Å². The van der Waals surface area contributed by atoms with Crippen molar-refractivity contribution in [1.82, 2.24) is 0 Å². The lowest BCUT2D eigenvalue weighted by molar-refractivity contribution is -0.119. The second-order valence-electron chi connectivity index (χ2n) is 6.05. The summed E-state index contributed by atoms with van der Waals surface area (Å²) in [6, 6.07) is 17.8. The lowest BCUT2D eigenvalue weighted by Gasteiger charge is -2.17. The van der Waals surface area contributed by atoms with E-state index in [1.807, 2.05) is 37.3 Å². The molecule has 0 bridgehead atoms. The largest absolute Gasteiger partial charge is 0.298 e. The molecular weight excluding hydrogens is 308 g/mol. The molecule has 3 rings (SSSR count). The first kappa shape index (κ1) is 15.9. The van der Waals surface area contributed by atoms with Crippen molar-refractivity contribution >= 4 is 15.6 Å². The van der Waals surface area contributed by atoms with Gasteiger partial charge in [-0.05, 0) is 30.5 Å². The van der Waals surface area contributed by atoms with Crippen LogP contribution in [0.3, 0.4) is 0 Å². The molecule has 120 valence electrons. The summed E-state index contributed by atoms with van der Waals surface area (Å²) in [6.45, 7) is 1.90. The SMILES string of the molecule is CCCC(=O)[C@@]1(S(=O)(=O)c2ccccc2)C[C@@H]1c1ccccc1. The Kier molecular flexibility index (Phi) is 4.11. The van der Waals surface area contributed by atoms with Crippen LogP contribution in [0.5, 0.6) is 0 Å². The summed E-state index contributed by atoms with van der Waals surface area (Å²) in [5, 5.41) is 0. The van der Waals surface area contributed by atoms with Crippen LogP contribution >= 0.6 is 0 Å². The molecule has 0 aromatic heterocycles. The van der Waals surface area contributed by atoms with Gasteiger partial charge >= 0.3 is 0 Å². The Bertz CT molecular complexity index is 797. The van der Waals surface area contributed by atoms with Gasteiger partial charge in [0.15, 0.2) is 15.6 Å². The third kappa shape index (κ3) is 2.51. The fourth-order valence-corrected chi connectivity index (χ4v) is 5.55. The molecule has 2 atom stereocenters. The zero-order valence-electron chi connectivity index (χ0n) is 13.1. The minimum atomic E-state index is -3.70. The predicted molar refractivity (Wildman–Crippen MR) is 90.1 cm³/mol. The van der Waals surface area contributed by atoms with Crippen molar-refractivity contribution in [3.8, 4) is 0 Å². The number of hydrogen-bond acceptors (Lipinski definition) is 3. The molecule has 1 saturated carbocycles. The Labute approximate surface area is 137 Å². The Hall–Kier alpha value is -1.94. The summed E-state index contributed by atoms with van der Waals surface area (Å²) in [5.74, 6) is -0.398. The maximum Gasteiger partial charge on any atom is 0.191 e. The molecule has 0 heterocycles. The van der Waals surface area contributed by atoms with Gasteiger partial charge in [0.05, 0.1) is 4.90 Å². The zero-order valence-corrected chi connectivity index (χ0v) is 13.9. The molecule has 0 saturated heterocycles. The highest BCUT2D eigenvalue weighted by Crippen LogP contribution is 2.59.